The van der Waals surface area contributed by atoms with Crippen LogP contribution in [-0.4, -0.2) is 51.5 Å². The first-order chi connectivity index (χ1) is 17.5. The quantitative estimate of drug-likeness (QED) is 0.451. The molecule has 2 aliphatic carbocycles. The average molecular weight is 591 g/mol. The lowest BCUT2D eigenvalue weighted by molar-refractivity contribution is -0.0576. The molecule has 0 radical (unpaired) electrons. The van der Waals surface area contributed by atoms with Crippen molar-refractivity contribution in [2.24, 2.45) is 17.8 Å². The fraction of sp³-hybridized carbons (Fsp3) is 0.480. The zero-order chi connectivity index (χ0) is 28.2. The van der Waals surface area contributed by atoms with Gasteiger partial charge >= 0.3 is 0 Å². The lowest BCUT2D eigenvalue weighted by Gasteiger charge is -2.43. The van der Waals surface area contributed by atoms with Crippen LogP contribution < -0.4 is 10.0 Å². The summed E-state index contributed by atoms with van der Waals surface area (Å²) in [4.78, 5) is 12.6. The van der Waals surface area contributed by atoms with Crippen LogP contribution in [0.1, 0.15) is 42.1 Å². The fourth-order valence-electron chi connectivity index (χ4n) is 5.84. The van der Waals surface area contributed by atoms with Crippen LogP contribution >= 0.6 is 11.6 Å². The van der Waals surface area contributed by atoms with E-state index in [9.17, 15) is 35.5 Å². The Hall–Kier alpha value is -2.12. The maximum atomic E-state index is 13.7. The molecule has 5 atom stereocenters. The molecule has 4 rings (SSSR count). The highest BCUT2D eigenvalue weighted by atomic mass is 35.5. The Bertz CT molecular complexity index is 1500. The summed E-state index contributed by atoms with van der Waals surface area (Å²) in [7, 11) is -7.61. The summed E-state index contributed by atoms with van der Waals surface area (Å²) < 4.78 is 80.2. The highest BCUT2D eigenvalue weighted by molar-refractivity contribution is 7.92. The molecule has 3 N–H and O–H groups in total. The Kier molecular flexibility index (Phi) is 7.69. The third-order valence-corrected chi connectivity index (χ3v) is 11.2. The van der Waals surface area contributed by atoms with Crippen LogP contribution in [-0.2, 0) is 19.9 Å². The van der Waals surface area contributed by atoms with E-state index in [0.717, 1.165) is 24.5 Å². The molecular weight excluding hydrogens is 562 g/mol. The number of benzene rings is 2. The van der Waals surface area contributed by atoms with Crippen LogP contribution in [0.3, 0.4) is 0 Å². The number of anilines is 1. The molecule has 2 fully saturated rings. The predicted molar refractivity (Wildman–Crippen MR) is 139 cm³/mol. The van der Waals surface area contributed by atoms with Gasteiger partial charge in [0, 0.05) is 23.9 Å². The van der Waals surface area contributed by atoms with Gasteiger partial charge < -0.3 is 10.4 Å². The van der Waals surface area contributed by atoms with Gasteiger partial charge in [0.05, 0.1) is 27.0 Å². The van der Waals surface area contributed by atoms with Gasteiger partial charge in [0.2, 0.25) is 10.0 Å². The molecule has 2 aliphatic rings. The van der Waals surface area contributed by atoms with Crippen molar-refractivity contribution < 1.29 is 35.5 Å². The molecule has 0 saturated heterocycles. The summed E-state index contributed by atoms with van der Waals surface area (Å²) in [5.74, 6) is -3.87. The van der Waals surface area contributed by atoms with Gasteiger partial charge in [-0.05, 0) is 73.8 Å². The minimum absolute atomic E-state index is 0.0292. The van der Waals surface area contributed by atoms with E-state index in [1.54, 1.807) is 0 Å². The number of halogens is 3. The topological polar surface area (TPSA) is 130 Å². The normalized spacial score (nSPS) is 27.3. The van der Waals surface area contributed by atoms with E-state index in [2.05, 4.69) is 10.0 Å². The molecule has 2 bridgehead atoms. The Morgan fingerprint density at radius 2 is 1.76 bits per heavy atom. The Balaban J connectivity index is 1.59. The van der Waals surface area contributed by atoms with E-state index < -0.39 is 60.1 Å². The molecular formula is C25H29ClF2N2O6S2. The molecule has 2 saturated carbocycles. The van der Waals surface area contributed by atoms with Crippen LogP contribution in [0.4, 0.5) is 14.5 Å². The van der Waals surface area contributed by atoms with E-state index in [1.807, 2.05) is 6.92 Å². The lowest BCUT2D eigenvalue weighted by Crippen LogP contribution is -2.55. The summed E-state index contributed by atoms with van der Waals surface area (Å²) in [5.41, 5.74) is -1.10. The molecule has 0 heterocycles. The number of sulfone groups is 1. The van der Waals surface area contributed by atoms with Gasteiger partial charge in [-0.15, -0.1) is 0 Å². The van der Waals surface area contributed by atoms with Crippen LogP contribution in [0.5, 0.6) is 0 Å². The molecule has 208 valence electrons. The van der Waals surface area contributed by atoms with E-state index in [1.165, 1.54) is 19.1 Å². The molecule has 38 heavy (non-hydrogen) atoms. The van der Waals surface area contributed by atoms with Crippen molar-refractivity contribution in [1.29, 1.82) is 0 Å². The number of aryl methyl sites for hydroxylation is 1. The third-order valence-electron chi connectivity index (χ3n) is 7.83. The van der Waals surface area contributed by atoms with Gasteiger partial charge in [-0.3, -0.25) is 4.79 Å². The number of hydrogen-bond acceptors (Lipinski definition) is 6. The largest absolute Gasteiger partial charge is 0.388 e. The summed E-state index contributed by atoms with van der Waals surface area (Å²) in [5, 5.41) is 12.9. The number of rotatable bonds is 7. The Labute approximate surface area is 225 Å². The minimum Gasteiger partial charge on any atom is -0.388 e. The van der Waals surface area contributed by atoms with Crippen molar-refractivity contribution >= 4 is 43.1 Å². The first-order valence-corrected chi connectivity index (χ1v) is 15.8. The van der Waals surface area contributed by atoms with Gasteiger partial charge in [0.1, 0.15) is 0 Å². The first kappa shape index (κ1) is 28.9. The summed E-state index contributed by atoms with van der Waals surface area (Å²) >= 11 is 6.27. The number of aliphatic hydroxyl groups is 1. The number of carbonyl (C=O) groups excluding carboxylic acids is 1. The summed E-state index contributed by atoms with van der Waals surface area (Å²) in [6.07, 6.45) is 1.74. The smallest absolute Gasteiger partial charge is 0.255 e. The van der Waals surface area contributed by atoms with Crippen molar-refractivity contribution in [2.45, 2.75) is 48.9 Å². The molecule has 2 aromatic carbocycles. The number of carbonyl (C=O) groups is 1. The second-order valence-electron chi connectivity index (χ2n) is 10.4. The molecule has 1 amide bonds. The second-order valence-corrected chi connectivity index (χ2v) is 14.9. The van der Waals surface area contributed by atoms with E-state index in [0.29, 0.717) is 6.42 Å². The molecule has 0 aromatic heterocycles. The standard InChI is InChI=1S/C25H29ClF2N2O6S2/c1-13-6-16-9-17(10-18(13)25(16,32)12-29-37(3,33)34)38(35,36)23-8-15(4-5-19(23)26)24(31)30-22-11-21(28)20(27)7-14(22)2/h4-5,7-8,11,13,16-18,29,32H,6,9-10,12H2,1-3H3,(H,30,31)/t13-,16?,17?,18?,25+/m0/s1. The van der Waals surface area contributed by atoms with Gasteiger partial charge in [0.15, 0.2) is 21.5 Å². The maximum Gasteiger partial charge on any atom is 0.255 e. The summed E-state index contributed by atoms with van der Waals surface area (Å²) in [6, 6.07) is 5.55. The van der Waals surface area contributed by atoms with Crippen LogP contribution in [0.15, 0.2) is 35.2 Å². The van der Waals surface area contributed by atoms with Crippen LogP contribution in [0.2, 0.25) is 5.02 Å². The minimum atomic E-state index is -4.06. The van der Waals surface area contributed by atoms with Gasteiger partial charge in [-0.1, -0.05) is 18.5 Å². The van der Waals surface area contributed by atoms with E-state index in [4.69, 9.17) is 11.6 Å². The number of hydrogen-bond donors (Lipinski definition) is 3. The van der Waals surface area contributed by atoms with Crippen molar-refractivity contribution in [2.75, 3.05) is 18.1 Å². The first-order valence-electron chi connectivity index (χ1n) is 12.0. The molecule has 2 aromatic rings. The third kappa shape index (κ3) is 5.46. The Morgan fingerprint density at radius 3 is 2.39 bits per heavy atom. The molecule has 0 aliphatic heterocycles. The van der Waals surface area contributed by atoms with Crippen molar-refractivity contribution in [3.8, 4) is 0 Å². The van der Waals surface area contributed by atoms with Crippen LogP contribution in [0, 0.1) is 36.3 Å². The Morgan fingerprint density at radius 1 is 1.11 bits per heavy atom. The van der Waals surface area contributed by atoms with Crippen molar-refractivity contribution in [1.82, 2.24) is 4.72 Å². The van der Waals surface area contributed by atoms with E-state index in [-0.39, 0.29) is 52.0 Å². The zero-order valence-electron chi connectivity index (χ0n) is 21.0. The molecule has 8 nitrogen and oxygen atoms in total. The highest BCUT2D eigenvalue weighted by Gasteiger charge is 2.58. The number of nitrogens with one attached hydrogen (secondary N) is 2. The lowest BCUT2D eigenvalue weighted by atomic mass is 9.73. The molecule has 0 spiro atoms. The predicted octanol–water partition coefficient (Wildman–Crippen LogP) is 3.67. The number of fused-ring (bicyclic) bond motifs is 2. The maximum absolute atomic E-state index is 13.7. The molecule has 13 heteroatoms. The molecule has 3 unspecified atom stereocenters. The van der Waals surface area contributed by atoms with Crippen LogP contribution in [0.25, 0.3) is 0 Å². The summed E-state index contributed by atoms with van der Waals surface area (Å²) in [6.45, 7) is 3.20. The number of sulfonamides is 1. The average Bonchev–Trinajstić information content (AvgIpc) is 2.94. The SMILES string of the molecule is Cc1cc(F)c(F)cc1NC(=O)c1ccc(Cl)c(S(=O)(=O)C2CC3C[C@H](C)C(C2)[C@@]3(O)CNS(C)(=O)=O)c1. The number of amides is 1. The van der Waals surface area contributed by atoms with Gasteiger partial charge in [-0.25, -0.2) is 30.3 Å². The monoisotopic (exact) mass is 590 g/mol. The van der Waals surface area contributed by atoms with Gasteiger partial charge in [-0.2, -0.15) is 0 Å². The van der Waals surface area contributed by atoms with Crippen molar-refractivity contribution in [3.05, 3.63) is 58.1 Å². The zero-order valence-corrected chi connectivity index (χ0v) is 23.4. The van der Waals surface area contributed by atoms with Gasteiger partial charge in [0.25, 0.3) is 5.91 Å². The fourth-order valence-corrected chi connectivity index (χ4v) is 8.71. The van der Waals surface area contributed by atoms with E-state index >= 15 is 0 Å². The second kappa shape index (κ2) is 10.1. The van der Waals surface area contributed by atoms with Crippen molar-refractivity contribution in [3.63, 3.8) is 0 Å². The highest BCUT2D eigenvalue weighted by Crippen LogP contribution is 2.54.